The first-order valence-electron chi connectivity index (χ1n) is 6.52. The standard InChI is InChI=1S/C11H25N7O2/c1-19-7-5-14-9-16-10(15-6-8-20-2)18-11(13,17-9)3-4-12/h3-8,12-13H2,1-2H3,(H3,14,15,16,17,18). The fourth-order valence-corrected chi connectivity index (χ4v) is 1.64. The molecule has 1 saturated heterocycles. The van der Waals surface area contributed by atoms with Crippen molar-refractivity contribution in [3.63, 3.8) is 0 Å². The molecule has 20 heavy (non-hydrogen) atoms. The van der Waals surface area contributed by atoms with E-state index in [-0.39, 0.29) is 0 Å². The molecular formula is C11H25N7O2. The number of hydrogen-bond acceptors (Lipinski definition) is 6. The summed E-state index contributed by atoms with van der Waals surface area (Å²) in [4.78, 5) is 8.65. The summed E-state index contributed by atoms with van der Waals surface area (Å²) >= 11 is 0. The number of guanidine groups is 2. The number of hydrogen-bond donors (Lipinski definition) is 5. The zero-order chi connectivity index (χ0) is 14.8. The van der Waals surface area contributed by atoms with Crippen molar-refractivity contribution >= 4 is 11.9 Å². The van der Waals surface area contributed by atoms with Gasteiger partial charge in [0.05, 0.1) is 26.3 Å². The zero-order valence-corrected chi connectivity index (χ0v) is 12.1. The van der Waals surface area contributed by atoms with Crippen molar-refractivity contribution < 1.29 is 9.47 Å². The Kier molecular flexibility index (Phi) is 7.23. The van der Waals surface area contributed by atoms with Gasteiger partial charge < -0.3 is 25.8 Å². The largest absolute Gasteiger partial charge is 0.383 e. The number of methoxy groups -OCH3 is 2. The molecule has 1 fully saturated rings. The van der Waals surface area contributed by atoms with Crippen molar-refractivity contribution in [1.29, 1.82) is 0 Å². The third-order valence-electron chi connectivity index (χ3n) is 2.59. The second kappa shape index (κ2) is 8.69. The summed E-state index contributed by atoms with van der Waals surface area (Å²) in [7, 11) is 3.26. The molecule has 0 bridgehead atoms. The molecule has 1 heterocycles. The van der Waals surface area contributed by atoms with E-state index in [9.17, 15) is 0 Å². The molecule has 0 aromatic carbocycles. The molecule has 1 aliphatic heterocycles. The van der Waals surface area contributed by atoms with Gasteiger partial charge in [-0.15, -0.1) is 0 Å². The predicted octanol–water partition coefficient (Wildman–Crippen LogP) is -2.27. The Hall–Kier alpha value is -1.42. The molecular weight excluding hydrogens is 262 g/mol. The van der Waals surface area contributed by atoms with Gasteiger partial charge in [-0.3, -0.25) is 21.0 Å². The average molecular weight is 287 g/mol. The molecule has 0 unspecified atom stereocenters. The molecule has 9 nitrogen and oxygen atoms in total. The highest BCUT2D eigenvalue weighted by molar-refractivity contribution is 6.01. The van der Waals surface area contributed by atoms with Crippen LogP contribution in [0.25, 0.3) is 0 Å². The van der Waals surface area contributed by atoms with Crippen LogP contribution in [0, 0.1) is 0 Å². The molecule has 0 aromatic rings. The van der Waals surface area contributed by atoms with E-state index in [0.717, 1.165) is 0 Å². The molecule has 0 aliphatic carbocycles. The van der Waals surface area contributed by atoms with Gasteiger partial charge in [-0.25, -0.2) is 0 Å². The zero-order valence-electron chi connectivity index (χ0n) is 12.1. The molecule has 116 valence electrons. The lowest BCUT2D eigenvalue weighted by Crippen LogP contribution is -2.76. The van der Waals surface area contributed by atoms with Crippen LogP contribution in [0.5, 0.6) is 0 Å². The fraction of sp³-hybridized carbons (Fsp3) is 0.818. The van der Waals surface area contributed by atoms with Gasteiger partial charge in [-0.1, -0.05) is 0 Å². The van der Waals surface area contributed by atoms with Crippen LogP contribution >= 0.6 is 0 Å². The van der Waals surface area contributed by atoms with Crippen molar-refractivity contribution in [2.75, 3.05) is 47.1 Å². The second-order valence-electron chi connectivity index (χ2n) is 4.33. The first kappa shape index (κ1) is 16.6. The second-order valence-corrected chi connectivity index (χ2v) is 4.33. The van der Waals surface area contributed by atoms with Crippen LogP contribution in [-0.4, -0.2) is 64.8 Å². The summed E-state index contributed by atoms with van der Waals surface area (Å²) in [5, 5.41) is 9.17. The van der Waals surface area contributed by atoms with Crippen molar-refractivity contribution in [3.8, 4) is 0 Å². The van der Waals surface area contributed by atoms with E-state index in [4.69, 9.17) is 20.9 Å². The third-order valence-corrected chi connectivity index (χ3v) is 2.59. The van der Waals surface area contributed by atoms with Crippen LogP contribution in [0.15, 0.2) is 9.98 Å². The van der Waals surface area contributed by atoms with Gasteiger partial charge in [0.15, 0.2) is 5.79 Å². The Balaban J connectivity index is 2.72. The number of ether oxygens (including phenoxy) is 2. The van der Waals surface area contributed by atoms with Crippen molar-refractivity contribution in [2.45, 2.75) is 12.2 Å². The van der Waals surface area contributed by atoms with Crippen molar-refractivity contribution in [2.24, 2.45) is 21.5 Å². The number of nitrogens with two attached hydrogens (primary N) is 2. The van der Waals surface area contributed by atoms with Gasteiger partial charge in [0.25, 0.3) is 0 Å². The predicted molar refractivity (Wildman–Crippen MR) is 78.4 cm³/mol. The number of nitrogens with one attached hydrogen (secondary N) is 3. The van der Waals surface area contributed by atoms with Crippen molar-refractivity contribution in [3.05, 3.63) is 0 Å². The van der Waals surface area contributed by atoms with E-state index in [1.54, 1.807) is 14.2 Å². The molecule has 0 radical (unpaired) electrons. The third kappa shape index (κ3) is 5.70. The molecule has 0 atom stereocenters. The SMILES string of the molecule is COCCN=C1NC(=NCCOC)NC(N)(CCN)N1. The Bertz CT molecular complexity index is 320. The molecule has 0 aromatic heterocycles. The Morgan fingerprint density at radius 2 is 1.55 bits per heavy atom. The van der Waals surface area contributed by atoms with E-state index in [0.29, 0.717) is 51.2 Å². The van der Waals surface area contributed by atoms with E-state index in [1.165, 1.54) is 0 Å². The van der Waals surface area contributed by atoms with Crippen molar-refractivity contribution in [1.82, 2.24) is 16.0 Å². The Morgan fingerprint density at radius 3 is 1.95 bits per heavy atom. The molecule has 1 rings (SSSR count). The maximum atomic E-state index is 6.19. The summed E-state index contributed by atoms with van der Waals surface area (Å²) in [5.74, 6) is 0.235. The van der Waals surface area contributed by atoms with E-state index in [2.05, 4.69) is 25.9 Å². The molecule has 7 N–H and O–H groups in total. The van der Waals surface area contributed by atoms with Gasteiger partial charge in [0.1, 0.15) is 0 Å². The van der Waals surface area contributed by atoms with Gasteiger partial charge in [-0.2, -0.15) is 0 Å². The quantitative estimate of drug-likeness (QED) is 0.318. The Morgan fingerprint density at radius 1 is 1.05 bits per heavy atom. The Labute approximate surface area is 119 Å². The minimum Gasteiger partial charge on any atom is -0.383 e. The maximum Gasteiger partial charge on any atom is 0.201 e. The first-order chi connectivity index (χ1) is 9.63. The van der Waals surface area contributed by atoms with E-state index >= 15 is 0 Å². The van der Waals surface area contributed by atoms with Gasteiger partial charge in [0, 0.05) is 20.6 Å². The lowest BCUT2D eigenvalue weighted by Gasteiger charge is -2.38. The number of aliphatic imine (C=N–C) groups is 2. The minimum absolute atomic E-state index is 0.438. The van der Waals surface area contributed by atoms with Gasteiger partial charge >= 0.3 is 0 Å². The summed E-state index contributed by atoms with van der Waals surface area (Å²) in [6, 6.07) is 0. The minimum atomic E-state index is -0.863. The summed E-state index contributed by atoms with van der Waals surface area (Å²) in [5.41, 5.74) is 11.8. The van der Waals surface area contributed by atoms with Crippen LogP contribution in [0.4, 0.5) is 0 Å². The highest BCUT2D eigenvalue weighted by atomic mass is 16.5. The summed E-state index contributed by atoms with van der Waals surface area (Å²) in [6.45, 7) is 2.55. The monoisotopic (exact) mass is 287 g/mol. The lowest BCUT2D eigenvalue weighted by molar-refractivity contribution is 0.207. The van der Waals surface area contributed by atoms with Crippen LogP contribution in [0.2, 0.25) is 0 Å². The summed E-state index contributed by atoms with van der Waals surface area (Å²) in [6.07, 6.45) is 0.529. The smallest absolute Gasteiger partial charge is 0.201 e. The topological polar surface area (TPSA) is 131 Å². The highest BCUT2D eigenvalue weighted by Crippen LogP contribution is 2.01. The molecule has 0 amide bonds. The molecule has 9 heteroatoms. The van der Waals surface area contributed by atoms with Crippen LogP contribution < -0.4 is 27.4 Å². The fourth-order valence-electron chi connectivity index (χ4n) is 1.64. The summed E-state index contributed by atoms with van der Waals surface area (Å²) < 4.78 is 9.92. The van der Waals surface area contributed by atoms with Crippen LogP contribution in [0.1, 0.15) is 6.42 Å². The van der Waals surface area contributed by atoms with Gasteiger partial charge in [0.2, 0.25) is 11.9 Å². The molecule has 0 saturated carbocycles. The molecule has 0 spiro atoms. The average Bonchev–Trinajstić information content (AvgIpc) is 2.39. The lowest BCUT2D eigenvalue weighted by atomic mass is 10.2. The van der Waals surface area contributed by atoms with Gasteiger partial charge in [-0.05, 0) is 6.54 Å². The number of nitrogens with zero attached hydrogens (tertiary/aromatic N) is 2. The number of rotatable bonds is 8. The van der Waals surface area contributed by atoms with Crippen LogP contribution in [-0.2, 0) is 9.47 Å². The van der Waals surface area contributed by atoms with E-state index < -0.39 is 5.79 Å². The van der Waals surface area contributed by atoms with Crippen LogP contribution in [0.3, 0.4) is 0 Å². The normalized spacial score (nSPS) is 26.2. The maximum absolute atomic E-state index is 6.19. The highest BCUT2D eigenvalue weighted by Gasteiger charge is 2.31. The van der Waals surface area contributed by atoms with E-state index in [1.807, 2.05) is 0 Å². The molecule has 1 aliphatic rings. The first-order valence-corrected chi connectivity index (χ1v) is 6.52.